The normalized spacial score (nSPS) is 14.8. The van der Waals surface area contributed by atoms with E-state index >= 15 is 0 Å². The van der Waals surface area contributed by atoms with Crippen LogP contribution >= 0.6 is 23.5 Å². The molecule has 1 aromatic carbocycles. The Labute approximate surface area is 125 Å². The Balaban J connectivity index is 2.00. The van der Waals surface area contributed by atoms with Crippen molar-refractivity contribution in [3.63, 3.8) is 0 Å². The molecule has 1 aromatic heterocycles. The molecule has 0 saturated carbocycles. The van der Waals surface area contributed by atoms with Gasteiger partial charge in [0.25, 0.3) is 0 Å². The first-order chi connectivity index (χ1) is 9.63. The Morgan fingerprint density at radius 1 is 1.30 bits per heavy atom. The number of fused-ring (bicyclic) bond motifs is 1. The van der Waals surface area contributed by atoms with Crippen molar-refractivity contribution in [2.75, 3.05) is 12.3 Å². The first-order valence-electron chi connectivity index (χ1n) is 6.47. The minimum atomic E-state index is -0.280. The van der Waals surface area contributed by atoms with Crippen molar-refractivity contribution in [1.29, 1.82) is 0 Å². The minimum absolute atomic E-state index is 0.280. The maximum Gasteiger partial charge on any atom is 0.336 e. The lowest BCUT2D eigenvalue weighted by atomic mass is 10.0. The molecule has 3 nitrogen and oxygen atoms in total. The molecule has 0 unspecified atom stereocenters. The molecule has 0 bridgehead atoms. The summed E-state index contributed by atoms with van der Waals surface area (Å²) in [4.78, 5) is 16.1. The zero-order chi connectivity index (χ0) is 14.1. The van der Waals surface area contributed by atoms with Gasteiger partial charge < -0.3 is 4.42 Å². The molecule has 0 spiro atoms. The number of aryl methyl sites for hydroxylation is 2. The molecule has 104 valence electrons. The highest BCUT2D eigenvalue weighted by atomic mass is 32.2. The molecule has 3 rings (SSSR count). The summed E-state index contributed by atoms with van der Waals surface area (Å²) in [5.41, 5.74) is 3.78. The number of hydrogen-bond acceptors (Lipinski definition) is 5. The molecule has 0 amide bonds. The molecule has 2 aromatic rings. The van der Waals surface area contributed by atoms with E-state index in [9.17, 15) is 4.79 Å². The van der Waals surface area contributed by atoms with Crippen molar-refractivity contribution in [3.05, 3.63) is 45.3 Å². The van der Waals surface area contributed by atoms with Gasteiger partial charge in [0.15, 0.2) is 0 Å². The number of thioether (sulfide) groups is 2. The van der Waals surface area contributed by atoms with Crippen molar-refractivity contribution in [3.8, 4) is 0 Å². The maximum absolute atomic E-state index is 11.7. The molecule has 1 aliphatic heterocycles. The predicted octanol–water partition coefficient (Wildman–Crippen LogP) is 3.75. The van der Waals surface area contributed by atoms with Gasteiger partial charge in [-0.15, -0.1) is 0 Å². The van der Waals surface area contributed by atoms with Gasteiger partial charge in [0.2, 0.25) is 0 Å². The zero-order valence-corrected chi connectivity index (χ0v) is 13.1. The average Bonchev–Trinajstić information content (AvgIpc) is 2.91. The monoisotopic (exact) mass is 305 g/mol. The van der Waals surface area contributed by atoms with Gasteiger partial charge in [0, 0.05) is 23.0 Å². The van der Waals surface area contributed by atoms with Crippen molar-refractivity contribution in [1.82, 2.24) is 0 Å². The average molecular weight is 305 g/mol. The van der Waals surface area contributed by atoms with Crippen LogP contribution < -0.4 is 5.63 Å². The van der Waals surface area contributed by atoms with Crippen LogP contribution in [0.2, 0.25) is 0 Å². The van der Waals surface area contributed by atoms with E-state index < -0.39 is 0 Å². The van der Waals surface area contributed by atoms with Crippen LogP contribution in [0.1, 0.15) is 16.7 Å². The second kappa shape index (κ2) is 5.66. The Morgan fingerprint density at radius 2 is 2.10 bits per heavy atom. The van der Waals surface area contributed by atoms with E-state index in [1.165, 1.54) is 5.56 Å². The Hall–Kier alpha value is -1.20. The Morgan fingerprint density at radius 3 is 2.85 bits per heavy atom. The summed E-state index contributed by atoms with van der Waals surface area (Å²) in [6.45, 7) is 5.01. The number of nitrogens with zero attached hydrogens (tertiary/aromatic N) is 1. The van der Waals surface area contributed by atoms with Crippen LogP contribution in [0.15, 0.2) is 32.4 Å². The lowest BCUT2D eigenvalue weighted by Gasteiger charge is -2.07. The Bertz CT molecular complexity index is 749. The SMILES string of the molecule is Cc1cc2oc(=O)cc(CSC3=NCCS3)c2cc1C. The third-order valence-corrected chi connectivity index (χ3v) is 5.65. The van der Waals surface area contributed by atoms with E-state index in [4.69, 9.17) is 4.42 Å². The topological polar surface area (TPSA) is 42.6 Å². The van der Waals surface area contributed by atoms with E-state index in [2.05, 4.69) is 18.0 Å². The van der Waals surface area contributed by atoms with Crippen LogP contribution in [-0.2, 0) is 5.75 Å². The highest BCUT2D eigenvalue weighted by Crippen LogP contribution is 2.28. The summed E-state index contributed by atoms with van der Waals surface area (Å²) in [5, 5.41) is 1.03. The fraction of sp³-hybridized carbons (Fsp3) is 0.333. The lowest BCUT2D eigenvalue weighted by molar-refractivity contribution is 0.559. The largest absolute Gasteiger partial charge is 0.423 e. The standard InChI is InChI=1S/C15H15NO2S2/c1-9-5-12-11(8-20-15-16-3-4-19-15)7-14(17)18-13(12)6-10(9)2/h5-7H,3-4,8H2,1-2H3. The van der Waals surface area contributed by atoms with Crippen LogP contribution in [0.5, 0.6) is 0 Å². The van der Waals surface area contributed by atoms with E-state index in [0.29, 0.717) is 5.58 Å². The van der Waals surface area contributed by atoms with Gasteiger partial charge in [-0.2, -0.15) is 0 Å². The highest BCUT2D eigenvalue weighted by molar-refractivity contribution is 8.38. The summed E-state index contributed by atoms with van der Waals surface area (Å²) >= 11 is 3.49. The molecule has 0 atom stereocenters. The zero-order valence-electron chi connectivity index (χ0n) is 11.4. The van der Waals surface area contributed by atoms with Gasteiger partial charge >= 0.3 is 5.63 Å². The molecule has 20 heavy (non-hydrogen) atoms. The quantitative estimate of drug-likeness (QED) is 0.793. The lowest BCUT2D eigenvalue weighted by Crippen LogP contribution is -2.01. The number of benzene rings is 1. The van der Waals surface area contributed by atoms with Crippen LogP contribution in [0, 0.1) is 13.8 Å². The molecule has 1 aliphatic rings. The molecule has 2 heterocycles. The molecule has 0 fully saturated rings. The third-order valence-electron chi connectivity index (χ3n) is 3.35. The van der Waals surface area contributed by atoms with Gasteiger partial charge in [-0.25, -0.2) is 4.79 Å². The molecular weight excluding hydrogens is 290 g/mol. The predicted molar refractivity (Wildman–Crippen MR) is 88.0 cm³/mol. The maximum atomic E-state index is 11.7. The van der Waals surface area contributed by atoms with E-state index in [0.717, 1.165) is 38.9 Å². The summed E-state index contributed by atoms with van der Waals surface area (Å²) in [6.07, 6.45) is 0. The summed E-state index contributed by atoms with van der Waals surface area (Å²) in [7, 11) is 0. The first kappa shape index (κ1) is 13.8. The second-order valence-electron chi connectivity index (χ2n) is 4.81. The first-order valence-corrected chi connectivity index (χ1v) is 8.44. The fourth-order valence-electron chi connectivity index (χ4n) is 2.14. The van der Waals surface area contributed by atoms with Crippen molar-refractivity contribution < 1.29 is 4.42 Å². The van der Waals surface area contributed by atoms with Gasteiger partial charge in [-0.05, 0) is 42.7 Å². The van der Waals surface area contributed by atoms with Gasteiger partial charge in [0.1, 0.15) is 9.96 Å². The van der Waals surface area contributed by atoms with E-state index in [1.807, 2.05) is 13.0 Å². The highest BCUT2D eigenvalue weighted by Gasteiger charge is 2.11. The Kier molecular flexibility index (Phi) is 3.89. The fourth-order valence-corrected chi connectivity index (χ4v) is 4.14. The van der Waals surface area contributed by atoms with Crippen LogP contribution in [0.25, 0.3) is 11.0 Å². The summed E-state index contributed by atoms with van der Waals surface area (Å²) in [5.74, 6) is 1.83. The van der Waals surface area contributed by atoms with Gasteiger partial charge in [0.05, 0.1) is 6.54 Å². The van der Waals surface area contributed by atoms with Gasteiger partial charge in [-0.3, -0.25) is 4.99 Å². The van der Waals surface area contributed by atoms with Crippen molar-refractivity contribution >= 4 is 38.9 Å². The molecule has 0 aliphatic carbocycles. The van der Waals surface area contributed by atoms with Crippen LogP contribution in [0.3, 0.4) is 0 Å². The number of hydrogen-bond donors (Lipinski definition) is 0. The van der Waals surface area contributed by atoms with Crippen LogP contribution in [0.4, 0.5) is 0 Å². The summed E-state index contributed by atoms with van der Waals surface area (Å²) in [6, 6.07) is 5.65. The molecular formula is C15H15NO2S2. The van der Waals surface area contributed by atoms with Crippen molar-refractivity contribution in [2.45, 2.75) is 19.6 Å². The second-order valence-corrected chi connectivity index (χ2v) is 7.11. The van der Waals surface area contributed by atoms with Gasteiger partial charge in [-0.1, -0.05) is 23.5 Å². The molecule has 0 saturated heterocycles. The van der Waals surface area contributed by atoms with Crippen molar-refractivity contribution in [2.24, 2.45) is 4.99 Å². The smallest absolute Gasteiger partial charge is 0.336 e. The molecule has 0 radical (unpaired) electrons. The number of rotatable bonds is 2. The minimum Gasteiger partial charge on any atom is -0.423 e. The number of aliphatic imine (C=N–C) groups is 1. The van der Waals surface area contributed by atoms with E-state index in [1.54, 1.807) is 29.6 Å². The third kappa shape index (κ3) is 2.79. The van der Waals surface area contributed by atoms with Crippen LogP contribution in [-0.4, -0.2) is 16.7 Å². The van der Waals surface area contributed by atoms with E-state index in [-0.39, 0.29) is 5.63 Å². The molecule has 0 N–H and O–H groups in total. The molecule has 5 heteroatoms. The summed E-state index contributed by atoms with van der Waals surface area (Å²) < 4.78 is 6.43.